The number of aromatic nitrogens is 1. The Morgan fingerprint density at radius 1 is 1.00 bits per heavy atom. The van der Waals surface area contributed by atoms with Crippen molar-refractivity contribution in [3.8, 4) is 0 Å². The zero-order chi connectivity index (χ0) is 27.5. The molecule has 3 aromatic rings. The van der Waals surface area contributed by atoms with Crippen LogP contribution in [-0.4, -0.2) is 66.2 Å². The van der Waals surface area contributed by atoms with Gasteiger partial charge in [0.2, 0.25) is 5.91 Å². The number of carbonyl (C=O) groups is 2. The molecular formula is C30H33F3N4O2. The lowest BCUT2D eigenvalue weighted by molar-refractivity contribution is -0.131. The second-order valence-electron chi connectivity index (χ2n) is 10.5. The van der Waals surface area contributed by atoms with Crippen molar-refractivity contribution >= 4 is 34.4 Å². The molecule has 2 N–H and O–H groups in total. The van der Waals surface area contributed by atoms with Gasteiger partial charge in [-0.2, -0.15) is 0 Å². The largest absolute Gasteiger partial charge is 0.388 e. The van der Waals surface area contributed by atoms with E-state index in [0.29, 0.717) is 38.4 Å². The number of hydrogen-bond donors (Lipinski definition) is 2. The maximum absolute atomic E-state index is 13.4. The normalized spacial score (nSPS) is 17.8. The lowest BCUT2D eigenvalue weighted by Crippen LogP contribution is -2.43. The SMILES string of the molecule is CNc1ccc2[nH]cc(C3CCN(CC(=O)C4CCN(C(=O)/C=C/c5cc(F)c(F)c(F)c5)CC4)CC3)c2c1. The lowest BCUT2D eigenvalue weighted by Gasteiger charge is -2.34. The lowest BCUT2D eigenvalue weighted by atomic mass is 9.88. The molecular weight excluding hydrogens is 505 g/mol. The summed E-state index contributed by atoms with van der Waals surface area (Å²) in [7, 11) is 1.92. The third kappa shape index (κ3) is 6.03. The van der Waals surface area contributed by atoms with Crippen molar-refractivity contribution in [3.63, 3.8) is 0 Å². The highest BCUT2D eigenvalue weighted by Gasteiger charge is 2.29. The van der Waals surface area contributed by atoms with Gasteiger partial charge in [0, 0.05) is 54.9 Å². The summed E-state index contributed by atoms with van der Waals surface area (Å²) in [5.41, 5.74) is 3.64. The molecule has 2 aromatic carbocycles. The summed E-state index contributed by atoms with van der Waals surface area (Å²) in [5, 5.41) is 4.46. The zero-order valence-electron chi connectivity index (χ0n) is 22.0. The summed E-state index contributed by atoms with van der Waals surface area (Å²) in [6, 6.07) is 8.03. The monoisotopic (exact) mass is 538 g/mol. The highest BCUT2D eigenvalue weighted by Crippen LogP contribution is 2.34. The highest BCUT2D eigenvalue weighted by atomic mass is 19.2. The van der Waals surface area contributed by atoms with Crippen LogP contribution in [0.4, 0.5) is 18.9 Å². The number of likely N-dealkylation sites (tertiary alicyclic amines) is 2. The van der Waals surface area contributed by atoms with E-state index in [1.165, 1.54) is 23.1 Å². The molecule has 1 aromatic heterocycles. The van der Waals surface area contributed by atoms with Crippen LogP contribution in [0.25, 0.3) is 17.0 Å². The molecule has 0 radical (unpaired) electrons. The number of nitrogens with one attached hydrogen (secondary N) is 2. The molecule has 206 valence electrons. The van der Waals surface area contributed by atoms with E-state index in [4.69, 9.17) is 0 Å². The van der Waals surface area contributed by atoms with Crippen LogP contribution < -0.4 is 5.32 Å². The van der Waals surface area contributed by atoms with E-state index < -0.39 is 17.5 Å². The fourth-order valence-electron chi connectivity index (χ4n) is 5.75. The Kier molecular flexibility index (Phi) is 8.07. The predicted octanol–water partition coefficient (Wildman–Crippen LogP) is 5.33. The molecule has 1 amide bonds. The number of aromatic amines is 1. The molecule has 2 aliphatic rings. The third-order valence-corrected chi connectivity index (χ3v) is 8.10. The van der Waals surface area contributed by atoms with Crippen LogP contribution in [0, 0.1) is 23.4 Å². The van der Waals surface area contributed by atoms with Crippen LogP contribution >= 0.6 is 0 Å². The van der Waals surface area contributed by atoms with Crippen LogP contribution in [0.5, 0.6) is 0 Å². The van der Waals surface area contributed by atoms with Crippen LogP contribution in [0.3, 0.4) is 0 Å². The van der Waals surface area contributed by atoms with E-state index in [2.05, 4.69) is 39.6 Å². The van der Waals surface area contributed by atoms with Crippen molar-refractivity contribution in [2.75, 3.05) is 45.1 Å². The number of halogens is 3. The first kappa shape index (κ1) is 27.0. The molecule has 5 rings (SSSR count). The van der Waals surface area contributed by atoms with Crippen LogP contribution in [0.1, 0.15) is 42.7 Å². The molecule has 0 saturated carbocycles. The topological polar surface area (TPSA) is 68.4 Å². The van der Waals surface area contributed by atoms with E-state index in [-0.39, 0.29) is 23.2 Å². The Bertz CT molecular complexity index is 1360. The van der Waals surface area contributed by atoms with Crippen LogP contribution in [0.15, 0.2) is 42.6 Å². The van der Waals surface area contributed by atoms with Crippen molar-refractivity contribution in [3.05, 3.63) is 71.2 Å². The van der Waals surface area contributed by atoms with Crippen molar-refractivity contribution in [1.29, 1.82) is 0 Å². The number of H-pyrrole nitrogens is 1. The number of fused-ring (bicyclic) bond motifs is 1. The molecule has 6 nitrogen and oxygen atoms in total. The fraction of sp³-hybridized carbons (Fsp3) is 0.400. The Hall–Kier alpha value is -3.59. The average Bonchev–Trinajstić information content (AvgIpc) is 3.38. The number of piperidine rings is 2. The van der Waals surface area contributed by atoms with E-state index in [0.717, 1.165) is 49.3 Å². The number of hydrogen-bond acceptors (Lipinski definition) is 4. The highest BCUT2D eigenvalue weighted by molar-refractivity contribution is 5.92. The molecule has 0 atom stereocenters. The summed E-state index contributed by atoms with van der Waals surface area (Å²) in [6.07, 6.45) is 7.82. The first-order valence-corrected chi connectivity index (χ1v) is 13.5. The van der Waals surface area contributed by atoms with Gasteiger partial charge in [-0.3, -0.25) is 14.5 Å². The number of nitrogens with zero attached hydrogens (tertiary/aromatic N) is 2. The van der Waals surface area contributed by atoms with Gasteiger partial charge in [-0.15, -0.1) is 0 Å². The summed E-state index contributed by atoms with van der Waals surface area (Å²) < 4.78 is 39.9. The fourth-order valence-corrected chi connectivity index (χ4v) is 5.75. The summed E-state index contributed by atoms with van der Waals surface area (Å²) in [6.45, 7) is 3.08. The van der Waals surface area contributed by atoms with Crippen molar-refractivity contribution < 1.29 is 22.8 Å². The molecule has 0 spiro atoms. The summed E-state index contributed by atoms with van der Waals surface area (Å²) >= 11 is 0. The Labute approximate surface area is 225 Å². The summed E-state index contributed by atoms with van der Waals surface area (Å²) in [5.74, 6) is -3.83. The van der Waals surface area contributed by atoms with Gasteiger partial charge in [0.15, 0.2) is 17.5 Å². The number of ketones is 1. The van der Waals surface area contributed by atoms with Crippen molar-refractivity contribution in [1.82, 2.24) is 14.8 Å². The Morgan fingerprint density at radius 2 is 1.69 bits per heavy atom. The number of Topliss-reactive ketones (excluding diaryl/α,β-unsaturated/α-hetero) is 1. The first-order chi connectivity index (χ1) is 18.8. The molecule has 0 unspecified atom stereocenters. The minimum absolute atomic E-state index is 0.0704. The Balaban J connectivity index is 1.08. The minimum atomic E-state index is -1.54. The van der Waals surface area contributed by atoms with Crippen molar-refractivity contribution in [2.45, 2.75) is 31.6 Å². The quantitative estimate of drug-likeness (QED) is 0.315. The molecule has 2 aliphatic heterocycles. The minimum Gasteiger partial charge on any atom is -0.388 e. The number of amides is 1. The van der Waals surface area contributed by atoms with Gasteiger partial charge in [-0.05, 0) is 92.2 Å². The van der Waals surface area contributed by atoms with Crippen LogP contribution in [-0.2, 0) is 9.59 Å². The maximum Gasteiger partial charge on any atom is 0.246 e. The molecule has 39 heavy (non-hydrogen) atoms. The van der Waals surface area contributed by atoms with E-state index in [1.54, 1.807) is 4.90 Å². The maximum atomic E-state index is 13.4. The number of rotatable bonds is 7. The third-order valence-electron chi connectivity index (χ3n) is 8.10. The van der Waals surface area contributed by atoms with E-state index >= 15 is 0 Å². The van der Waals surface area contributed by atoms with Gasteiger partial charge in [-0.1, -0.05) is 0 Å². The van der Waals surface area contributed by atoms with Gasteiger partial charge in [0.1, 0.15) is 5.78 Å². The number of carbonyl (C=O) groups excluding carboxylic acids is 2. The molecule has 3 heterocycles. The smallest absolute Gasteiger partial charge is 0.246 e. The first-order valence-electron chi connectivity index (χ1n) is 13.5. The van der Waals surface area contributed by atoms with Crippen LogP contribution in [0.2, 0.25) is 0 Å². The second-order valence-corrected chi connectivity index (χ2v) is 10.5. The number of anilines is 1. The number of benzene rings is 2. The van der Waals surface area contributed by atoms with Gasteiger partial charge >= 0.3 is 0 Å². The molecule has 2 saturated heterocycles. The Morgan fingerprint density at radius 3 is 2.36 bits per heavy atom. The molecule has 2 fully saturated rings. The molecule has 9 heteroatoms. The van der Waals surface area contributed by atoms with E-state index in [9.17, 15) is 22.8 Å². The second kappa shape index (κ2) is 11.7. The standard InChI is InChI=1S/C30H33F3N4O2/c1-34-22-3-4-27-23(16-22)24(17-35-27)20-6-10-36(11-7-20)18-28(38)21-8-12-37(13-9-21)29(39)5-2-19-14-25(31)30(33)26(32)15-19/h2-5,14-17,20-21,34-35H,6-13,18H2,1H3/b5-2+. The van der Waals surface area contributed by atoms with Gasteiger partial charge in [0.25, 0.3) is 0 Å². The molecule has 0 aliphatic carbocycles. The zero-order valence-corrected chi connectivity index (χ0v) is 22.0. The summed E-state index contributed by atoms with van der Waals surface area (Å²) in [4.78, 5) is 32.8. The van der Waals surface area contributed by atoms with E-state index in [1.807, 2.05) is 7.05 Å². The molecule has 0 bridgehead atoms. The van der Waals surface area contributed by atoms with Gasteiger partial charge in [-0.25, -0.2) is 13.2 Å². The average molecular weight is 539 g/mol. The predicted molar refractivity (Wildman–Crippen MR) is 146 cm³/mol. The van der Waals surface area contributed by atoms with Crippen molar-refractivity contribution in [2.24, 2.45) is 5.92 Å². The van der Waals surface area contributed by atoms with Gasteiger partial charge in [0.05, 0.1) is 6.54 Å². The van der Waals surface area contributed by atoms with Gasteiger partial charge < -0.3 is 15.2 Å².